The zero-order valence-electron chi connectivity index (χ0n) is 17.0. The molecule has 2 N–H and O–H groups in total. The minimum Gasteiger partial charge on any atom is -0.357 e. The van der Waals surface area contributed by atoms with Crippen molar-refractivity contribution in [2.45, 2.75) is 44.6 Å². The van der Waals surface area contributed by atoms with Crippen molar-refractivity contribution in [3.63, 3.8) is 0 Å². The molecular weight excluding hydrogens is 376 g/mol. The second-order valence-corrected chi connectivity index (χ2v) is 9.42. The number of nitrogens with zero attached hydrogens (tertiary/aromatic N) is 2. The second kappa shape index (κ2) is 10.5. The van der Waals surface area contributed by atoms with Gasteiger partial charge in [-0.15, -0.1) is 0 Å². The van der Waals surface area contributed by atoms with Gasteiger partial charge in [0.15, 0.2) is 15.8 Å². The van der Waals surface area contributed by atoms with E-state index in [-0.39, 0.29) is 23.6 Å². The number of likely N-dealkylation sites (tertiary alicyclic amines) is 1. The molecule has 156 valence electrons. The van der Waals surface area contributed by atoms with Gasteiger partial charge in [0.1, 0.15) is 0 Å². The fraction of sp³-hybridized carbons (Fsp3) is 0.600. The summed E-state index contributed by atoms with van der Waals surface area (Å²) in [6, 6.07) is 8.66. The predicted molar refractivity (Wildman–Crippen MR) is 112 cm³/mol. The third-order valence-electron chi connectivity index (χ3n) is 4.62. The summed E-state index contributed by atoms with van der Waals surface area (Å²) < 4.78 is 24.6. The van der Waals surface area contributed by atoms with Crippen molar-refractivity contribution in [2.24, 2.45) is 10.9 Å². The quantitative estimate of drug-likeness (QED) is 0.388. The van der Waals surface area contributed by atoms with Gasteiger partial charge in [0.05, 0.1) is 10.6 Å². The summed E-state index contributed by atoms with van der Waals surface area (Å²) in [5, 5.41) is 6.56. The SMILES string of the molecule is CCNC(=NCCCS(=O)(=O)c1ccccc1)NC1CCN(C(=O)C(C)C)C1. The van der Waals surface area contributed by atoms with E-state index in [2.05, 4.69) is 15.6 Å². The summed E-state index contributed by atoms with van der Waals surface area (Å²) in [6.07, 6.45) is 1.34. The molecule has 1 aromatic rings. The normalized spacial score (nSPS) is 17.8. The highest BCUT2D eigenvalue weighted by Crippen LogP contribution is 2.13. The summed E-state index contributed by atoms with van der Waals surface area (Å²) in [6.45, 7) is 8.38. The van der Waals surface area contributed by atoms with Gasteiger partial charge in [-0.3, -0.25) is 9.79 Å². The summed E-state index contributed by atoms with van der Waals surface area (Å²) in [5.74, 6) is 0.924. The van der Waals surface area contributed by atoms with Gasteiger partial charge in [0.25, 0.3) is 0 Å². The molecule has 0 spiro atoms. The Balaban J connectivity index is 1.85. The Labute approximate surface area is 168 Å². The highest BCUT2D eigenvalue weighted by Gasteiger charge is 2.27. The Morgan fingerprint density at radius 1 is 1.29 bits per heavy atom. The molecule has 1 aliphatic rings. The van der Waals surface area contributed by atoms with E-state index in [1.807, 2.05) is 25.7 Å². The van der Waals surface area contributed by atoms with Gasteiger partial charge >= 0.3 is 0 Å². The van der Waals surface area contributed by atoms with Crippen LogP contribution in [0.3, 0.4) is 0 Å². The van der Waals surface area contributed by atoms with Crippen LogP contribution in [0.25, 0.3) is 0 Å². The van der Waals surface area contributed by atoms with Gasteiger partial charge in [-0.1, -0.05) is 32.0 Å². The third kappa shape index (κ3) is 6.51. The number of carbonyl (C=O) groups is 1. The fourth-order valence-electron chi connectivity index (χ4n) is 3.15. The highest BCUT2D eigenvalue weighted by molar-refractivity contribution is 7.91. The lowest BCUT2D eigenvalue weighted by molar-refractivity contribution is -0.133. The molecule has 0 bridgehead atoms. The van der Waals surface area contributed by atoms with Crippen LogP contribution >= 0.6 is 0 Å². The average Bonchev–Trinajstić information content (AvgIpc) is 3.13. The van der Waals surface area contributed by atoms with Crippen molar-refractivity contribution in [3.8, 4) is 0 Å². The first-order valence-corrected chi connectivity index (χ1v) is 11.6. The molecule has 1 aliphatic heterocycles. The van der Waals surface area contributed by atoms with E-state index in [4.69, 9.17) is 0 Å². The molecule has 1 saturated heterocycles. The van der Waals surface area contributed by atoms with Crippen LogP contribution in [0.4, 0.5) is 0 Å². The van der Waals surface area contributed by atoms with Crippen molar-refractivity contribution in [1.82, 2.24) is 15.5 Å². The van der Waals surface area contributed by atoms with Gasteiger partial charge in [0.2, 0.25) is 5.91 Å². The molecule has 7 nitrogen and oxygen atoms in total. The van der Waals surface area contributed by atoms with Crippen LogP contribution < -0.4 is 10.6 Å². The van der Waals surface area contributed by atoms with Crippen molar-refractivity contribution in [1.29, 1.82) is 0 Å². The van der Waals surface area contributed by atoms with Crippen LogP contribution in [0.1, 0.15) is 33.6 Å². The zero-order chi connectivity index (χ0) is 20.6. The minimum atomic E-state index is -3.27. The Morgan fingerprint density at radius 2 is 2.00 bits per heavy atom. The molecule has 1 fully saturated rings. The van der Waals surface area contributed by atoms with Gasteiger partial charge < -0.3 is 15.5 Å². The number of nitrogens with one attached hydrogen (secondary N) is 2. The number of carbonyl (C=O) groups excluding carboxylic acids is 1. The second-order valence-electron chi connectivity index (χ2n) is 7.32. The zero-order valence-corrected chi connectivity index (χ0v) is 17.8. The number of benzene rings is 1. The van der Waals surface area contributed by atoms with Crippen LogP contribution in [-0.4, -0.2) is 63.2 Å². The highest BCUT2D eigenvalue weighted by atomic mass is 32.2. The molecule has 1 heterocycles. The number of hydrogen-bond acceptors (Lipinski definition) is 4. The van der Waals surface area contributed by atoms with Gasteiger partial charge in [-0.2, -0.15) is 0 Å². The molecule has 1 amide bonds. The summed E-state index contributed by atoms with van der Waals surface area (Å²) in [7, 11) is -3.27. The molecule has 0 aliphatic carbocycles. The van der Waals surface area contributed by atoms with Gasteiger partial charge in [-0.25, -0.2) is 8.42 Å². The Morgan fingerprint density at radius 3 is 2.64 bits per heavy atom. The number of hydrogen-bond donors (Lipinski definition) is 2. The monoisotopic (exact) mass is 408 g/mol. The fourth-order valence-corrected chi connectivity index (χ4v) is 4.46. The number of sulfone groups is 1. The molecule has 2 rings (SSSR count). The third-order valence-corrected chi connectivity index (χ3v) is 6.44. The van der Waals surface area contributed by atoms with Crippen LogP contribution in [0.5, 0.6) is 0 Å². The van der Waals surface area contributed by atoms with E-state index in [0.717, 1.165) is 19.5 Å². The smallest absolute Gasteiger partial charge is 0.225 e. The van der Waals surface area contributed by atoms with Crippen molar-refractivity contribution >= 4 is 21.7 Å². The summed E-state index contributed by atoms with van der Waals surface area (Å²) in [4.78, 5) is 18.9. The van der Waals surface area contributed by atoms with E-state index in [0.29, 0.717) is 30.4 Å². The number of amides is 1. The lowest BCUT2D eigenvalue weighted by atomic mass is 10.2. The maximum Gasteiger partial charge on any atom is 0.225 e. The molecular formula is C20H32N4O3S. The van der Waals surface area contributed by atoms with E-state index >= 15 is 0 Å². The number of aliphatic imine (C=N–C) groups is 1. The van der Waals surface area contributed by atoms with E-state index in [1.165, 1.54) is 0 Å². The maximum absolute atomic E-state index is 12.3. The lowest BCUT2D eigenvalue weighted by Gasteiger charge is -2.20. The van der Waals surface area contributed by atoms with E-state index in [1.54, 1.807) is 30.3 Å². The first-order valence-electron chi connectivity index (χ1n) is 9.95. The Hall–Kier alpha value is -2.09. The average molecular weight is 409 g/mol. The van der Waals surface area contributed by atoms with Crippen LogP contribution in [0, 0.1) is 5.92 Å². The summed E-state index contributed by atoms with van der Waals surface area (Å²) in [5.41, 5.74) is 0. The molecule has 1 aromatic carbocycles. The molecule has 0 radical (unpaired) electrons. The lowest BCUT2D eigenvalue weighted by Crippen LogP contribution is -2.45. The largest absolute Gasteiger partial charge is 0.357 e. The predicted octanol–water partition coefficient (Wildman–Crippen LogP) is 1.66. The number of rotatable bonds is 8. The van der Waals surface area contributed by atoms with Crippen LogP contribution in [0.15, 0.2) is 40.2 Å². The summed E-state index contributed by atoms with van der Waals surface area (Å²) >= 11 is 0. The van der Waals surface area contributed by atoms with Crippen molar-refractivity contribution in [2.75, 3.05) is 31.9 Å². The molecule has 1 atom stereocenters. The Bertz CT molecular complexity index is 763. The first kappa shape index (κ1) is 22.2. The molecule has 28 heavy (non-hydrogen) atoms. The van der Waals surface area contributed by atoms with Crippen molar-refractivity contribution in [3.05, 3.63) is 30.3 Å². The molecule has 1 unspecified atom stereocenters. The van der Waals surface area contributed by atoms with Crippen LogP contribution in [0.2, 0.25) is 0 Å². The topological polar surface area (TPSA) is 90.9 Å². The molecule has 8 heteroatoms. The number of guanidine groups is 1. The van der Waals surface area contributed by atoms with Gasteiger partial charge in [-0.05, 0) is 31.9 Å². The van der Waals surface area contributed by atoms with E-state index < -0.39 is 9.84 Å². The minimum absolute atomic E-state index is 0.00668. The Kier molecular flexibility index (Phi) is 8.29. The molecule has 0 saturated carbocycles. The van der Waals surface area contributed by atoms with E-state index in [9.17, 15) is 13.2 Å². The maximum atomic E-state index is 12.3. The standard InChI is InChI=1S/C20H32N4O3S/c1-4-21-20(23-17-11-13-24(15-17)19(25)16(2)3)22-12-8-14-28(26,27)18-9-6-5-7-10-18/h5-7,9-10,16-17H,4,8,11-15H2,1-3H3,(H2,21,22,23). The van der Waals surface area contributed by atoms with Crippen LogP contribution in [-0.2, 0) is 14.6 Å². The molecule has 0 aromatic heterocycles. The van der Waals surface area contributed by atoms with Gasteiger partial charge in [0, 0.05) is 38.1 Å². The first-order chi connectivity index (χ1) is 13.3. The van der Waals surface area contributed by atoms with Crippen molar-refractivity contribution < 1.29 is 13.2 Å².